The summed E-state index contributed by atoms with van der Waals surface area (Å²) < 4.78 is 9.30. The Bertz CT molecular complexity index is 301. The van der Waals surface area contributed by atoms with E-state index in [0.29, 0.717) is 6.61 Å². The first kappa shape index (κ1) is 14.3. The zero-order valence-corrected chi connectivity index (χ0v) is 11.7. The molecule has 0 saturated heterocycles. The first-order valence-electron chi connectivity index (χ1n) is 6.07. The number of hydrogen-bond donors (Lipinski definition) is 1. The molecule has 1 heterocycles. The van der Waals surface area contributed by atoms with E-state index in [-0.39, 0.29) is 0 Å². The van der Waals surface area contributed by atoms with E-state index in [1.807, 2.05) is 0 Å². The Morgan fingerprint density at radius 2 is 2.12 bits per heavy atom. The summed E-state index contributed by atoms with van der Waals surface area (Å²) in [5, 5.41) is 4.07. The maximum absolute atomic E-state index is 4.97. The second-order valence-electron chi connectivity index (χ2n) is 3.71. The molecule has 17 heavy (non-hydrogen) atoms. The van der Waals surface area contributed by atoms with Crippen molar-refractivity contribution in [2.24, 2.45) is 0 Å². The van der Waals surface area contributed by atoms with Crippen LogP contribution in [0.5, 0.6) is 0 Å². The predicted molar refractivity (Wildman–Crippen MR) is 71.8 cm³/mol. The third kappa shape index (κ3) is 5.43. The van der Waals surface area contributed by atoms with Crippen LogP contribution in [0.15, 0.2) is 0 Å². The largest absolute Gasteiger partial charge is 0.383 e. The molecule has 6 heteroatoms. The fraction of sp³-hybridized carbons (Fsp3) is 0.818. The molecule has 98 valence electrons. The summed E-state index contributed by atoms with van der Waals surface area (Å²) in [5.41, 5.74) is 0. The number of methoxy groups -OCH3 is 1. The van der Waals surface area contributed by atoms with E-state index in [0.717, 1.165) is 43.6 Å². The van der Waals surface area contributed by atoms with Crippen LogP contribution in [0.4, 0.5) is 5.13 Å². The van der Waals surface area contributed by atoms with Gasteiger partial charge in [-0.15, -0.1) is 0 Å². The summed E-state index contributed by atoms with van der Waals surface area (Å²) in [4.78, 5) is 6.81. The van der Waals surface area contributed by atoms with Crippen molar-refractivity contribution in [3.8, 4) is 0 Å². The van der Waals surface area contributed by atoms with Gasteiger partial charge in [0.05, 0.1) is 6.61 Å². The molecule has 1 aromatic rings. The second-order valence-corrected chi connectivity index (χ2v) is 4.46. The number of aromatic nitrogens is 2. The van der Waals surface area contributed by atoms with Gasteiger partial charge < -0.3 is 15.0 Å². The van der Waals surface area contributed by atoms with Crippen molar-refractivity contribution in [1.29, 1.82) is 0 Å². The lowest BCUT2D eigenvalue weighted by Gasteiger charge is -2.16. The summed E-state index contributed by atoms with van der Waals surface area (Å²) in [6.07, 6.45) is 0.921. The molecule has 0 atom stereocenters. The molecule has 0 radical (unpaired) electrons. The molecule has 0 spiro atoms. The lowest BCUT2D eigenvalue weighted by molar-refractivity contribution is 0.211. The quantitative estimate of drug-likeness (QED) is 0.680. The molecule has 0 saturated carbocycles. The Hall–Kier alpha value is -0.720. The third-order valence-electron chi connectivity index (χ3n) is 2.60. The Morgan fingerprint density at radius 1 is 1.35 bits per heavy atom. The number of rotatable bonds is 9. The normalized spacial score (nSPS) is 11.1. The Balaban J connectivity index is 2.30. The van der Waals surface area contributed by atoms with Crippen molar-refractivity contribution in [3.63, 3.8) is 0 Å². The summed E-state index contributed by atoms with van der Waals surface area (Å²) >= 11 is 1.42. The number of hydrogen-bond acceptors (Lipinski definition) is 6. The predicted octanol–water partition coefficient (Wildman–Crippen LogP) is 1.48. The first-order chi connectivity index (χ1) is 8.30. The van der Waals surface area contributed by atoms with Crippen LogP contribution in [0.1, 0.15) is 19.7 Å². The highest BCUT2D eigenvalue weighted by molar-refractivity contribution is 7.09. The monoisotopic (exact) mass is 258 g/mol. The van der Waals surface area contributed by atoms with Crippen molar-refractivity contribution in [2.75, 3.05) is 45.2 Å². The van der Waals surface area contributed by atoms with Crippen LogP contribution in [-0.4, -0.2) is 54.2 Å². The molecular weight excluding hydrogens is 236 g/mol. The van der Waals surface area contributed by atoms with Gasteiger partial charge >= 0.3 is 0 Å². The molecule has 0 amide bonds. The molecule has 0 aliphatic carbocycles. The van der Waals surface area contributed by atoms with E-state index < -0.39 is 0 Å². The topological polar surface area (TPSA) is 50.3 Å². The standard InChI is InChI=1S/C11H22N4OS/c1-4-15(5-2)8-6-10-13-11(17-14-10)12-7-9-16-3/h4-9H2,1-3H3,(H,12,13,14). The molecule has 0 fully saturated rings. The van der Waals surface area contributed by atoms with Gasteiger partial charge in [0.25, 0.3) is 0 Å². The van der Waals surface area contributed by atoms with Gasteiger partial charge in [0.2, 0.25) is 5.13 Å². The average molecular weight is 258 g/mol. The van der Waals surface area contributed by atoms with E-state index >= 15 is 0 Å². The number of likely N-dealkylation sites (N-methyl/N-ethyl adjacent to an activating group) is 1. The molecule has 0 unspecified atom stereocenters. The van der Waals surface area contributed by atoms with E-state index in [1.54, 1.807) is 7.11 Å². The van der Waals surface area contributed by atoms with Gasteiger partial charge in [-0.05, 0) is 13.1 Å². The Labute approximate surface area is 107 Å². The lowest BCUT2D eigenvalue weighted by Crippen LogP contribution is -2.25. The molecule has 0 bridgehead atoms. The van der Waals surface area contributed by atoms with E-state index in [4.69, 9.17) is 4.74 Å². The summed E-state index contributed by atoms with van der Waals surface area (Å²) in [6.45, 7) is 9.02. The fourth-order valence-electron chi connectivity index (χ4n) is 1.49. The summed E-state index contributed by atoms with van der Waals surface area (Å²) in [7, 11) is 1.69. The Morgan fingerprint density at radius 3 is 2.76 bits per heavy atom. The van der Waals surface area contributed by atoms with Crippen LogP contribution in [0.2, 0.25) is 0 Å². The van der Waals surface area contributed by atoms with Crippen molar-refractivity contribution < 1.29 is 4.74 Å². The van der Waals surface area contributed by atoms with Crippen molar-refractivity contribution in [3.05, 3.63) is 5.82 Å². The molecule has 1 aromatic heterocycles. The zero-order chi connectivity index (χ0) is 12.5. The van der Waals surface area contributed by atoms with Crippen LogP contribution in [0.3, 0.4) is 0 Å². The van der Waals surface area contributed by atoms with Crippen LogP contribution in [0, 0.1) is 0 Å². The van der Waals surface area contributed by atoms with Gasteiger partial charge in [-0.25, -0.2) is 4.98 Å². The number of nitrogens with one attached hydrogen (secondary N) is 1. The van der Waals surface area contributed by atoms with Crippen LogP contribution in [-0.2, 0) is 11.2 Å². The van der Waals surface area contributed by atoms with Crippen LogP contribution >= 0.6 is 11.5 Å². The molecule has 0 aliphatic heterocycles. The summed E-state index contributed by atoms with van der Waals surface area (Å²) in [6, 6.07) is 0. The average Bonchev–Trinajstić information content (AvgIpc) is 2.79. The van der Waals surface area contributed by atoms with Gasteiger partial charge in [-0.2, -0.15) is 4.37 Å². The first-order valence-corrected chi connectivity index (χ1v) is 6.85. The smallest absolute Gasteiger partial charge is 0.202 e. The van der Waals surface area contributed by atoms with Crippen molar-refractivity contribution in [2.45, 2.75) is 20.3 Å². The molecule has 5 nitrogen and oxygen atoms in total. The van der Waals surface area contributed by atoms with E-state index in [9.17, 15) is 0 Å². The molecule has 0 aromatic carbocycles. The van der Waals surface area contributed by atoms with Crippen LogP contribution in [0.25, 0.3) is 0 Å². The second kappa shape index (κ2) is 8.38. The van der Waals surface area contributed by atoms with Crippen molar-refractivity contribution in [1.82, 2.24) is 14.3 Å². The zero-order valence-electron chi connectivity index (χ0n) is 10.9. The van der Waals surface area contributed by atoms with Gasteiger partial charge in [-0.3, -0.25) is 0 Å². The maximum Gasteiger partial charge on any atom is 0.202 e. The maximum atomic E-state index is 4.97. The number of anilines is 1. The number of nitrogens with zero attached hydrogens (tertiary/aromatic N) is 3. The van der Waals surface area contributed by atoms with Crippen molar-refractivity contribution >= 4 is 16.7 Å². The number of ether oxygens (including phenoxy) is 1. The van der Waals surface area contributed by atoms with Crippen LogP contribution < -0.4 is 5.32 Å². The highest BCUT2D eigenvalue weighted by Crippen LogP contribution is 2.11. The minimum atomic E-state index is 0.689. The minimum Gasteiger partial charge on any atom is -0.383 e. The minimum absolute atomic E-state index is 0.689. The van der Waals surface area contributed by atoms with E-state index in [2.05, 4.69) is 33.4 Å². The molecule has 1 N–H and O–H groups in total. The van der Waals surface area contributed by atoms with Gasteiger partial charge in [0.15, 0.2) is 0 Å². The van der Waals surface area contributed by atoms with Gasteiger partial charge in [0.1, 0.15) is 5.82 Å². The molecule has 0 aliphatic rings. The SMILES string of the molecule is CCN(CC)CCc1nsc(NCCOC)n1. The summed E-state index contributed by atoms with van der Waals surface area (Å²) in [5.74, 6) is 0.932. The van der Waals surface area contributed by atoms with Gasteiger partial charge in [-0.1, -0.05) is 13.8 Å². The highest BCUT2D eigenvalue weighted by Gasteiger charge is 2.05. The van der Waals surface area contributed by atoms with E-state index in [1.165, 1.54) is 11.5 Å². The Kier molecular flexibility index (Phi) is 7.07. The fourth-order valence-corrected chi connectivity index (χ4v) is 2.12. The lowest BCUT2D eigenvalue weighted by atomic mass is 10.3. The molecular formula is C11H22N4OS. The highest BCUT2D eigenvalue weighted by atomic mass is 32.1. The van der Waals surface area contributed by atoms with Gasteiger partial charge in [0, 0.05) is 38.2 Å². The third-order valence-corrected chi connectivity index (χ3v) is 3.31. The molecule has 1 rings (SSSR count).